The summed E-state index contributed by atoms with van der Waals surface area (Å²) in [7, 11) is 0. The van der Waals surface area contributed by atoms with Crippen LogP contribution in [-0.4, -0.2) is 42.1 Å². The van der Waals surface area contributed by atoms with Gasteiger partial charge >= 0.3 is 11.9 Å². The topological polar surface area (TPSA) is 82.1 Å². The molecular formula is C20H20O6. The van der Waals surface area contributed by atoms with Gasteiger partial charge in [0.15, 0.2) is 6.29 Å². The SMILES string of the molecule is O=C(OC[C@@H]1C[C@@H](OC(=O)c2ccccc2)C[C@@H](O)O1)c1ccccc1. The largest absolute Gasteiger partial charge is 0.459 e. The van der Waals surface area contributed by atoms with Crippen LogP contribution in [0.1, 0.15) is 33.6 Å². The lowest BCUT2D eigenvalue weighted by atomic mass is 10.1. The van der Waals surface area contributed by atoms with Gasteiger partial charge in [-0.3, -0.25) is 0 Å². The zero-order valence-electron chi connectivity index (χ0n) is 14.1. The third-order valence-corrected chi connectivity index (χ3v) is 4.03. The van der Waals surface area contributed by atoms with Crippen molar-refractivity contribution in [3.05, 3.63) is 71.8 Å². The first-order chi connectivity index (χ1) is 12.6. The van der Waals surface area contributed by atoms with Crippen LogP contribution < -0.4 is 0 Å². The first kappa shape index (κ1) is 18.1. The molecule has 2 aromatic carbocycles. The number of benzene rings is 2. The Balaban J connectivity index is 1.53. The molecule has 3 rings (SSSR count). The molecule has 26 heavy (non-hydrogen) atoms. The molecule has 1 fully saturated rings. The van der Waals surface area contributed by atoms with E-state index in [2.05, 4.69) is 0 Å². The highest BCUT2D eigenvalue weighted by molar-refractivity contribution is 5.89. The Morgan fingerprint density at radius 1 is 0.923 bits per heavy atom. The number of aliphatic hydroxyl groups excluding tert-OH is 1. The van der Waals surface area contributed by atoms with Crippen LogP contribution in [-0.2, 0) is 14.2 Å². The van der Waals surface area contributed by atoms with Gasteiger partial charge < -0.3 is 19.3 Å². The predicted octanol–water partition coefficient (Wildman–Crippen LogP) is 2.57. The fourth-order valence-electron chi connectivity index (χ4n) is 2.77. The highest BCUT2D eigenvalue weighted by Gasteiger charge is 2.32. The maximum Gasteiger partial charge on any atom is 0.338 e. The molecule has 1 N–H and O–H groups in total. The second-order valence-electron chi connectivity index (χ2n) is 6.04. The van der Waals surface area contributed by atoms with Crippen LogP contribution in [0.25, 0.3) is 0 Å². The van der Waals surface area contributed by atoms with Gasteiger partial charge in [-0.2, -0.15) is 0 Å². The second-order valence-corrected chi connectivity index (χ2v) is 6.04. The van der Waals surface area contributed by atoms with Crippen LogP contribution in [0.15, 0.2) is 60.7 Å². The Morgan fingerprint density at radius 3 is 2.12 bits per heavy atom. The molecule has 6 heteroatoms. The van der Waals surface area contributed by atoms with Crippen molar-refractivity contribution in [1.82, 2.24) is 0 Å². The van der Waals surface area contributed by atoms with E-state index < -0.39 is 30.4 Å². The van der Waals surface area contributed by atoms with Crippen molar-refractivity contribution in [2.45, 2.75) is 31.3 Å². The average Bonchev–Trinajstić information content (AvgIpc) is 2.67. The standard InChI is InChI=1S/C20H20O6/c21-18-12-16(26-20(23)15-9-5-2-6-10-15)11-17(25-18)13-24-19(22)14-7-3-1-4-8-14/h1-10,16-18,21H,11-13H2/t16-,17+,18+/m1/s1. The zero-order chi connectivity index (χ0) is 18.4. The highest BCUT2D eigenvalue weighted by atomic mass is 16.6. The van der Waals surface area contributed by atoms with E-state index in [1.54, 1.807) is 48.5 Å². The van der Waals surface area contributed by atoms with Crippen molar-refractivity contribution in [3.8, 4) is 0 Å². The number of ether oxygens (including phenoxy) is 3. The van der Waals surface area contributed by atoms with Gasteiger partial charge in [0.2, 0.25) is 0 Å². The minimum Gasteiger partial charge on any atom is -0.459 e. The van der Waals surface area contributed by atoms with Crippen LogP contribution in [0, 0.1) is 0 Å². The molecule has 2 aromatic rings. The van der Waals surface area contributed by atoms with E-state index >= 15 is 0 Å². The number of hydrogen-bond acceptors (Lipinski definition) is 6. The fraction of sp³-hybridized carbons (Fsp3) is 0.300. The summed E-state index contributed by atoms with van der Waals surface area (Å²) in [4.78, 5) is 24.1. The summed E-state index contributed by atoms with van der Waals surface area (Å²) in [5.41, 5.74) is 0.886. The maximum absolute atomic E-state index is 12.1. The van der Waals surface area contributed by atoms with Crippen molar-refractivity contribution in [2.75, 3.05) is 6.61 Å². The average molecular weight is 356 g/mol. The van der Waals surface area contributed by atoms with E-state index in [1.807, 2.05) is 12.1 Å². The van der Waals surface area contributed by atoms with Crippen LogP contribution in [0.4, 0.5) is 0 Å². The summed E-state index contributed by atoms with van der Waals surface area (Å²) in [5.74, 6) is -0.920. The summed E-state index contributed by atoms with van der Waals surface area (Å²) in [6, 6.07) is 17.3. The molecule has 6 nitrogen and oxygen atoms in total. The quantitative estimate of drug-likeness (QED) is 0.829. The monoisotopic (exact) mass is 356 g/mol. The van der Waals surface area contributed by atoms with Crippen molar-refractivity contribution in [3.63, 3.8) is 0 Å². The number of esters is 2. The van der Waals surface area contributed by atoms with Crippen molar-refractivity contribution >= 4 is 11.9 Å². The van der Waals surface area contributed by atoms with Crippen molar-refractivity contribution < 1.29 is 28.9 Å². The molecule has 0 spiro atoms. The first-order valence-electron chi connectivity index (χ1n) is 8.43. The normalized spacial score (nSPS) is 22.4. The van der Waals surface area contributed by atoms with Crippen LogP contribution >= 0.6 is 0 Å². The predicted molar refractivity (Wildman–Crippen MR) is 92.5 cm³/mol. The molecule has 136 valence electrons. The molecule has 0 bridgehead atoms. The lowest BCUT2D eigenvalue weighted by molar-refractivity contribution is -0.197. The van der Waals surface area contributed by atoms with Crippen LogP contribution in [0.2, 0.25) is 0 Å². The van der Waals surface area contributed by atoms with Gasteiger partial charge in [-0.15, -0.1) is 0 Å². The molecular weight excluding hydrogens is 336 g/mol. The van der Waals surface area contributed by atoms with Gasteiger partial charge in [-0.1, -0.05) is 36.4 Å². The van der Waals surface area contributed by atoms with Crippen LogP contribution in [0.3, 0.4) is 0 Å². The Labute approximate surface area is 151 Å². The lowest BCUT2D eigenvalue weighted by Gasteiger charge is -2.32. The second kappa shape index (κ2) is 8.60. The van der Waals surface area contributed by atoms with E-state index in [9.17, 15) is 14.7 Å². The van der Waals surface area contributed by atoms with Gasteiger partial charge in [0, 0.05) is 12.8 Å². The maximum atomic E-state index is 12.1. The third kappa shape index (κ3) is 4.91. The van der Waals surface area contributed by atoms with Gasteiger partial charge in [-0.25, -0.2) is 9.59 Å². The molecule has 0 aromatic heterocycles. The molecule has 0 unspecified atom stereocenters. The van der Waals surface area contributed by atoms with Gasteiger partial charge in [0.1, 0.15) is 12.7 Å². The number of rotatable bonds is 5. The van der Waals surface area contributed by atoms with E-state index in [0.29, 0.717) is 17.5 Å². The Kier molecular flexibility index (Phi) is 5.99. The molecule has 1 saturated heterocycles. The van der Waals surface area contributed by atoms with E-state index in [0.717, 1.165) is 0 Å². The summed E-state index contributed by atoms with van der Waals surface area (Å²) in [5, 5.41) is 9.86. The Bertz CT molecular complexity index is 730. The molecule has 1 aliphatic rings. The van der Waals surface area contributed by atoms with Gasteiger partial charge in [-0.05, 0) is 24.3 Å². The zero-order valence-corrected chi connectivity index (χ0v) is 14.1. The molecule has 1 heterocycles. The van der Waals surface area contributed by atoms with E-state index in [4.69, 9.17) is 14.2 Å². The summed E-state index contributed by atoms with van der Waals surface area (Å²) in [6.07, 6.45) is -1.59. The molecule has 0 saturated carbocycles. The van der Waals surface area contributed by atoms with E-state index in [1.165, 1.54) is 0 Å². The summed E-state index contributed by atoms with van der Waals surface area (Å²) < 4.78 is 16.1. The number of carbonyl (C=O) groups excluding carboxylic acids is 2. The smallest absolute Gasteiger partial charge is 0.338 e. The van der Waals surface area contributed by atoms with Gasteiger partial charge in [0.25, 0.3) is 0 Å². The number of aliphatic hydroxyl groups is 1. The fourth-order valence-corrected chi connectivity index (χ4v) is 2.77. The molecule has 0 amide bonds. The summed E-state index contributed by atoms with van der Waals surface area (Å²) >= 11 is 0. The Morgan fingerprint density at radius 2 is 1.50 bits per heavy atom. The molecule has 3 atom stereocenters. The van der Waals surface area contributed by atoms with E-state index in [-0.39, 0.29) is 13.0 Å². The van der Waals surface area contributed by atoms with Crippen LogP contribution in [0.5, 0.6) is 0 Å². The Hall–Kier alpha value is -2.70. The molecule has 1 aliphatic heterocycles. The minimum atomic E-state index is -1.07. The lowest BCUT2D eigenvalue weighted by Crippen LogP contribution is -2.40. The number of hydrogen-bond donors (Lipinski definition) is 1. The molecule has 0 aliphatic carbocycles. The third-order valence-electron chi connectivity index (χ3n) is 4.03. The van der Waals surface area contributed by atoms with Crippen molar-refractivity contribution in [2.24, 2.45) is 0 Å². The van der Waals surface area contributed by atoms with Crippen molar-refractivity contribution in [1.29, 1.82) is 0 Å². The molecule has 0 radical (unpaired) electrons. The first-order valence-corrected chi connectivity index (χ1v) is 8.43. The highest BCUT2D eigenvalue weighted by Crippen LogP contribution is 2.22. The summed E-state index contributed by atoms with van der Waals surface area (Å²) in [6.45, 7) is -0.0236. The number of carbonyl (C=O) groups is 2. The minimum absolute atomic E-state index is 0.0236. The van der Waals surface area contributed by atoms with Gasteiger partial charge in [0.05, 0.1) is 17.2 Å².